The Balaban J connectivity index is 1.95. The van der Waals surface area contributed by atoms with Crippen molar-refractivity contribution in [2.24, 2.45) is 0 Å². The third-order valence-electron chi connectivity index (χ3n) is 2.86. The number of anilines is 2. The van der Waals surface area contributed by atoms with Gasteiger partial charge in [0, 0.05) is 17.4 Å². The van der Waals surface area contributed by atoms with Gasteiger partial charge < -0.3 is 14.8 Å². The third-order valence-corrected chi connectivity index (χ3v) is 3.08. The molecule has 2 rings (SSSR count). The monoisotopic (exact) mass is 330 g/mol. The number of carbonyl (C=O) groups is 1. The van der Waals surface area contributed by atoms with E-state index in [1.165, 1.54) is 0 Å². The Morgan fingerprint density at radius 3 is 2.52 bits per heavy atom. The molecule has 0 bridgehead atoms. The molecule has 6 heteroatoms. The van der Waals surface area contributed by atoms with Crippen LogP contribution in [0.2, 0.25) is 0 Å². The molecular formula is C17H18N2O3S. The van der Waals surface area contributed by atoms with Gasteiger partial charge in [0.1, 0.15) is 5.75 Å². The van der Waals surface area contributed by atoms with Crippen LogP contribution in [-0.2, 0) is 4.74 Å². The van der Waals surface area contributed by atoms with Crippen LogP contribution in [0.25, 0.3) is 0 Å². The smallest absolute Gasteiger partial charge is 0.417 e. The highest BCUT2D eigenvalue weighted by molar-refractivity contribution is 7.80. The van der Waals surface area contributed by atoms with Crippen LogP contribution in [0.15, 0.2) is 48.5 Å². The van der Waals surface area contributed by atoms with Gasteiger partial charge in [-0.05, 0) is 50.3 Å². The summed E-state index contributed by atoms with van der Waals surface area (Å²) in [6.45, 7) is 4.32. The minimum Gasteiger partial charge on any atom is -0.471 e. The zero-order valence-electron chi connectivity index (χ0n) is 13.0. The number of rotatable bonds is 4. The molecule has 0 fully saturated rings. The van der Waals surface area contributed by atoms with E-state index in [4.69, 9.17) is 21.7 Å². The Labute approximate surface area is 140 Å². The number of hydrogen-bond donors (Lipinski definition) is 2. The molecule has 0 saturated carbocycles. The Bertz CT molecular complexity index is 686. The maximum absolute atomic E-state index is 11.9. The normalized spacial score (nSPS) is 9.83. The molecule has 0 spiro atoms. The van der Waals surface area contributed by atoms with E-state index in [9.17, 15) is 4.79 Å². The summed E-state index contributed by atoms with van der Waals surface area (Å²) in [7, 11) is 0. The number of thiocarbonyl (C=S) groups is 1. The second kappa shape index (κ2) is 8.14. The molecule has 0 saturated heterocycles. The zero-order chi connectivity index (χ0) is 16.7. The second-order valence-corrected chi connectivity index (χ2v) is 5.12. The number of amides is 1. The van der Waals surface area contributed by atoms with Crippen molar-refractivity contribution in [1.82, 2.24) is 0 Å². The molecule has 0 aliphatic rings. The van der Waals surface area contributed by atoms with Gasteiger partial charge >= 0.3 is 6.09 Å². The van der Waals surface area contributed by atoms with E-state index in [1.807, 2.05) is 38.1 Å². The Hall–Kier alpha value is -2.60. The maximum Gasteiger partial charge on any atom is 0.417 e. The minimum atomic E-state index is -0.557. The summed E-state index contributed by atoms with van der Waals surface area (Å²) < 4.78 is 10.4. The molecule has 5 nitrogen and oxygen atoms in total. The molecule has 120 valence electrons. The SMILES string of the molecule is CCOC(=S)Nc1cccc(OC(=O)Nc2ccc(C)cc2)c1. The van der Waals surface area contributed by atoms with Crippen molar-refractivity contribution in [2.75, 3.05) is 17.2 Å². The molecule has 0 aromatic heterocycles. The van der Waals surface area contributed by atoms with Crippen molar-refractivity contribution in [3.8, 4) is 5.75 Å². The summed E-state index contributed by atoms with van der Waals surface area (Å²) >= 11 is 5.01. The summed E-state index contributed by atoms with van der Waals surface area (Å²) in [5, 5.41) is 5.85. The number of nitrogens with one attached hydrogen (secondary N) is 2. The first-order valence-electron chi connectivity index (χ1n) is 7.16. The van der Waals surface area contributed by atoms with Gasteiger partial charge in [0.15, 0.2) is 0 Å². The number of carbonyl (C=O) groups excluding carboxylic acids is 1. The standard InChI is InChI=1S/C17H18N2O3S/c1-3-21-17(23)19-14-5-4-6-15(11-14)22-16(20)18-13-9-7-12(2)8-10-13/h4-11H,3H2,1-2H3,(H,18,20)(H,19,23). The first-order valence-corrected chi connectivity index (χ1v) is 7.57. The summed E-state index contributed by atoms with van der Waals surface area (Å²) in [6, 6.07) is 14.4. The average molecular weight is 330 g/mol. The van der Waals surface area contributed by atoms with Gasteiger partial charge in [0.05, 0.1) is 6.61 Å². The first kappa shape index (κ1) is 16.8. The molecule has 0 aliphatic heterocycles. The largest absolute Gasteiger partial charge is 0.471 e. The van der Waals surface area contributed by atoms with Gasteiger partial charge in [-0.2, -0.15) is 0 Å². The third kappa shape index (κ3) is 5.60. The average Bonchev–Trinajstić information content (AvgIpc) is 2.50. The van der Waals surface area contributed by atoms with E-state index in [1.54, 1.807) is 24.3 Å². The highest BCUT2D eigenvalue weighted by atomic mass is 32.1. The fourth-order valence-corrected chi connectivity index (χ4v) is 2.05. The fourth-order valence-electron chi connectivity index (χ4n) is 1.81. The molecule has 1 amide bonds. The van der Waals surface area contributed by atoms with Crippen LogP contribution in [0.3, 0.4) is 0 Å². The van der Waals surface area contributed by atoms with Crippen molar-refractivity contribution in [1.29, 1.82) is 0 Å². The number of hydrogen-bond acceptors (Lipinski definition) is 4. The highest BCUT2D eigenvalue weighted by Gasteiger charge is 2.06. The van der Waals surface area contributed by atoms with Crippen molar-refractivity contribution >= 4 is 34.9 Å². The van der Waals surface area contributed by atoms with Crippen LogP contribution in [0.5, 0.6) is 5.75 Å². The molecule has 0 aliphatic carbocycles. The lowest BCUT2D eigenvalue weighted by Crippen LogP contribution is -2.17. The first-order chi connectivity index (χ1) is 11.1. The predicted molar refractivity (Wildman–Crippen MR) is 95.1 cm³/mol. The van der Waals surface area contributed by atoms with Crippen LogP contribution >= 0.6 is 12.2 Å². The van der Waals surface area contributed by atoms with Crippen LogP contribution in [-0.4, -0.2) is 17.9 Å². The van der Waals surface area contributed by atoms with E-state index < -0.39 is 6.09 Å². The lowest BCUT2D eigenvalue weighted by atomic mass is 10.2. The molecule has 0 unspecified atom stereocenters. The lowest BCUT2D eigenvalue weighted by Gasteiger charge is -2.10. The quantitative estimate of drug-likeness (QED) is 0.817. The lowest BCUT2D eigenvalue weighted by molar-refractivity contribution is 0.215. The molecular weight excluding hydrogens is 312 g/mol. The maximum atomic E-state index is 11.9. The molecule has 0 atom stereocenters. The topological polar surface area (TPSA) is 59.6 Å². The zero-order valence-corrected chi connectivity index (χ0v) is 13.8. The van der Waals surface area contributed by atoms with E-state index in [0.29, 0.717) is 23.7 Å². The van der Waals surface area contributed by atoms with E-state index in [0.717, 1.165) is 5.56 Å². The number of ether oxygens (including phenoxy) is 2. The Morgan fingerprint density at radius 2 is 1.83 bits per heavy atom. The number of benzene rings is 2. The van der Waals surface area contributed by atoms with Gasteiger partial charge in [-0.25, -0.2) is 4.79 Å². The van der Waals surface area contributed by atoms with Crippen molar-refractivity contribution in [3.05, 3.63) is 54.1 Å². The van der Waals surface area contributed by atoms with Gasteiger partial charge in [-0.3, -0.25) is 5.32 Å². The van der Waals surface area contributed by atoms with Crippen LogP contribution in [0.4, 0.5) is 16.2 Å². The molecule has 2 aromatic rings. The van der Waals surface area contributed by atoms with Crippen LogP contribution in [0.1, 0.15) is 12.5 Å². The second-order valence-electron chi connectivity index (χ2n) is 4.75. The van der Waals surface area contributed by atoms with Crippen molar-refractivity contribution in [2.45, 2.75) is 13.8 Å². The van der Waals surface area contributed by atoms with Gasteiger partial charge in [0.25, 0.3) is 5.17 Å². The van der Waals surface area contributed by atoms with E-state index in [-0.39, 0.29) is 5.17 Å². The van der Waals surface area contributed by atoms with Crippen LogP contribution < -0.4 is 15.4 Å². The minimum absolute atomic E-state index is 0.272. The van der Waals surface area contributed by atoms with Crippen molar-refractivity contribution < 1.29 is 14.3 Å². The highest BCUT2D eigenvalue weighted by Crippen LogP contribution is 2.18. The molecule has 23 heavy (non-hydrogen) atoms. The molecule has 2 aromatic carbocycles. The predicted octanol–water partition coefficient (Wildman–Crippen LogP) is 4.34. The Morgan fingerprint density at radius 1 is 1.09 bits per heavy atom. The molecule has 2 N–H and O–H groups in total. The van der Waals surface area contributed by atoms with Crippen molar-refractivity contribution in [3.63, 3.8) is 0 Å². The summed E-state index contributed by atoms with van der Waals surface area (Å²) in [6.07, 6.45) is -0.557. The molecule has 0 heterocycles. The molecule has 0 radical (unpaired) electrons. The van der Waals surface area contributed by atoms with Crippen LogP contribution in [0, 0.1) is 6.92 Å². The summed E-state index contributed by atoms with van der Waals surface area (Å²) in [5.74, 6) is 0.402. The van der Waals surface area contributed by atoms with E-state index in [2.05, 4.69) is 10.6 Å². The fraction of sp³-hybridized carbons (Fsp3) is 0.176. The summed E-state index contributed by atoms with van der Waals surface area (Å²) in [5.41, 5.74) is 2.48. The number of aryl methyl sites for hydroxylation is 1. The van der Waals surface area contributed by atoms with E-state index >= 15 is 0 Å². The summed E-state index contributed by atoms with van der Waals surface area (Å²) in [4.78, 5) is 11.9. The van der Waals surface area contributed by atoms with Gasteiger partial charge in [0.2, 0.25) is 0 Å². The Kier molecular flexibility index (Phi) is 5.94. The van der Waals surface area contributed by atoms with Gasteiger partial charge in [-0.15, -0.1) is 0 Å². The van der Waals surface area contributed by atoms with Gasteiger partial charge in [-0.1, -0.05) is 23.8 Å².